The molecule has 0 aromatic heterocycles. The summed E-state index contributed by atoms with van der Waals surface area (Å²) in [5.41, 5.74) is 12.8. The average Bonchev–Trinajstić information content (AvgIpc) is 3.03. The highest BCUT2D eigenvalue weighted by Gasteiger charge is 2.32. The topological polar surface area (TPSA) is 72.3 Å². The Morgan fingerprint density at radius 2 is 1.93 bits per heavy atom. The Hall–Kier alpha value is -1.55. The van der Waals surface area contributed by atoms with Gasteiger partial charge in [-0.1, -0.05) is 12.1 Å². The molecule has 2 amide bonds. The van der Waals surface area contributed by atoms with E-state index < -0.39 is 0 Å². The quantitative estimate of drug-likeness (QED) is 0.778. The van der Waals surface area contributed by atoms with E-state index >= 15 is 0 Å². The second-order valence-electron chi connectivity index (χ2n) is 3.81. The predicted octanol–water partition coefficient (Wildman–Crippen LogP) is 1.19. The zero-order valence-electron chi connectivity index (χ0n) is 8.52. The molecule has 0 bridgehead atoms. The first-order chi connectivity index (χ1) is 7.22. The van der Waals surface area contributed by atoms with Gasteiger partial charge in [0.1, 0.15) is 0 Å². The summed E-state index contributed by atoms with van der Waals surface area (Å²) in [5.74, 6) is 0. The highest BCUT2D eigenvalue weighted by Crippen LogP contribution is 2.31. The lowest BCUT2D eigenvalue weighted by Gasteiger charge is -2.20. The molecule has 0 aliphatic heterocycles. The van der Waals surface area contributed by atoms with Crippen LogP contribution in [0.15, 0.2) is 24.3 Å². The molecule has 0 atom stereocenters. The minimum absolute atomic E-state index is 0.297. The molecule has 1 aromatic carbocycles. The third-order valence-electron chi connectivity index (χ3n) is 2.60. The van der Waals surface area contributed by atoms with Crippen LogP contribution in [-0.2, 0) is 6.54 Å². The molecule has 1 aliphatic carbocycles. The van der Waals surface area contributed by atoms with Gasteiger partial charge in [0.05, 0.1) is 0 Å². The first kappa shape index (κ1) is 9.98. The van der Waals surface area contributed by atoms with Gasteiger partial charge in [-0.2, -0.15) is 0 Å². The van der Waals surface area contributed by atoms with Crippen molar-refractivity contribution in [2.24, 2.45) is 11.5 Å². The average molecular weight is 205 g/mol. The van der Waals surface area contributed by atoms with E-state index in [2.05, 4.69) is 0 Å². The molecule has 0 radical (unpaired) electrons. The van der Waals surface area contributed by atoms with Crippen molar-refractivity contribution in [1.29, 1.82) is 0 Å². The number of benzene rings is 1. The molecule has 1 fully saturated rings. The van der Waals surface area contributed by atoms with Crippen LogP contribution < -0.4 is 16.4 Å². The first-order valence-corrected chi connectivity index (χ1v) is 5.10. The van der Waals surface area contributed by atoms with Gasteiger partial charge in [0.25, 0.3) is 0 Å². The lowest BCUT2D eigenvalue weighted by molar-refractivity contribution is 0.253. The zero-order valence-corrected chi connectivity index (χ0v) is 8.52. The Bertz CT molecular complexity index is 357. The largest absolute Gasteiger partial charge is 0.351 e. The second kappa shape index (κ2) is 3.90. The number of rotatable bonds is 3. The van der Waals surface area contributed by atoms with Crippen molar-refractivity contribution < 1.29 is 4.79 Å². The monoisotopic (exact) mass is 205 g/mol. The number of hydrogen-bond acceptors (Lipinski definition) is 2. The van der Waals surface area contributed by atoms with Crippen molar-refractivity contribution in [2.45, 2.75) is 25.4 Å². The summed E-state index contributed by atoms with van der Waals surface area (Å²) >= 11 is 0. The Labute approximate surface area is 88.9 Å². The van der Waals surface area contributed by atoms with Crippen LogP contribution in [0.1, 0.15) is 18.4 Å². The fourth-order valence-corrected chi connectivity index (χ4v) is 1.64. The number of nitrogens with zero attached hydrogens (tertiary/aromatic N) is 1. The van der Waals surface area contributed by atoms with Crippen LogP contribution in [0.2, 0.25) is 0 Å². The summed E-state index contributed by atoms with van der Waals surface area (Å²) < 4.78 is 0. The summed E-state index contributed by atoms with van der Waals surface area (Å²) in [4.78, 5) is 12.9. The molecule has 15 heavy (non-hydrogen) atoms. The van der Waals surface area contributed by atoms with Crippen LogP contribution in [-0.4, -0.2) is 12.1 Å². The molecule has 80 valence electrons. The van der Waals surface area contributed by atoms with E-state index in [9.17, 15) is 4.79 Å². The van der Waals surface area contributed by atoms with Crippen LogP contribution in [0.25, 0.3) is 0 Å². The fourth-order valence-electron chi connectivity index (χ4n) is 1.64. The number of primary amides is 1. The third kappa shape index (κ3) is 2.10. The van der Waals surface area contributed by atoms with Gasteiger partial charge in [-0.25, -0.2) is 4.79 Å². The van der Waals surface area contributed by atoms with E-state index in [4.69, 9.17) is 11.5 Å². The lowest BCUT2D eigenvalue weighted by atomic mass is 10.2. The van der Waals surface area contributed by atoms with Crippen LogP contribution in [0.4, 0.5) is 10.5 Å². The van der Waals surface area contributed by atoms with Gasteiger partial charge in [0.15, 0.2) is 0 Å². The van der Waals surface area contributed by atoms with Gasteiger partial charge in [0.2, 0.25) is 0 Å². The minimum Gasteiger partial charge on any atom is -0.351 e. The van der Waals surface area contributed by atoms with Gasteiger partial charge in [-0.3, -0.25) is 4.90 Å². The molecular formula is C11H15N3O. The molecule has 0 spiro atoms. The second-order valence-corrected chi connectivity index (χ2v) is 3.81. The first-order valence-electron chi connectivity index (χ1n) is 5.10. The molecule has 4 nitrogen and oxygen atoms in total. The molecule has 1 saturated carbocycles. The highest BCUT2D eigenvalue weighted by molar-refractivity contribution is 5.91. The third-order valence-corrected chi connectivity index (χ3v) is 2.60. The Kier molecular flexibility index (Phi) is 2.60. The summed E-state index contributed by atoms with van der Waals surface area (Å²) in [5, 5.41) is 0. The van der Waals surface area contributed by atoms with Gasteiger partial charge in [-0.05, 0) is 30.5 Å². The maximum Gasteiger partial charge on any atom is 0.319 e. The normalized spacial score (nSPS) is 15.0. The molecule has 1 aromatic rings. The van der Waals surface area contributed by atoms with E-state index in [0.29, 0.717) is 12.6 Å². The standard InChI is InChI=1S/C11H15N3O/c12-7-8-1-3-9(4-2-8)14(11(13)15)10-5-6-10/h1-4,10H,5-7,12H2,(H2,13,15). The highest BCUT2D eigenvalue weighted by atomic mass is 16.2. The Balaban J connectivity index is 2.22. The van der Waals surface area contributed by atoms with Crippen molar-refractivity contribution in [3.8, 4) is 0 Å². The lowest BCUT2D eigenvalue weighted by Crippen LogP contribution is -2.37. The molecule has 0 saturated heterocycles. The SMILES string of the molecule is NCc1ccc(N(C(N)=O)C2CC2)cc1. The van der Waals surface area contributed by atoms with Crippen LogP contribution in [0.3, 0.4) is 0 Å². The number of carbonyl (C=O) groups is 1. The van der Waals surface area contributed by atoms with E-state index in [1.807, 2.05) is 24.3 Å². The Morgan fingerprint density at radius 3 is 2.33 bits per heavy atom. The molecular weight excluding hydrogens is 190 g/mol. The Morgan fingerprint density at radius 1 is 1.33 bits per heavy atom. The van der Waals surface area contributed by atoms with E-state index in [1.54, 1.807) is 4.90 Å². The van der Waals surface area contributed by atoms with Crippen LogP contribution in [0, 0.1) is 0 Å². The maximum absolute atomic E-state index is 11.3. The molecule has 0 unspecified atom stereocenters. The number of amides is 2. The van der Waals surface area contributed by atoms with Crippen molar-refractivity contribution in [2.75, 3.05) is 4.90 Å². The van der Waals surface area contributed by atoms with Crippen molar-refractivity contribution in [1.82, 2.24) is 0 Å². The van der Waals surface area contributed by atoms with Gasteiger partial charge >= 0.3 is 6.03 Å². The van der Waals surface area contributed by atoms with E-state index in [1.165, 1.54) is 0 Å². The summed E-state index contributed by atoms with van der Waals surface area (Å²) in [6.07, 6.45) is 2.09. The molecule has 4 N–H and O–H groups in total. The van der Waals surface area contributed by atoms with Crippen molar-refractivity contribution in [3.05, 3.63) is 29.8 Å². The summed E-state index contributed by atoms with van der Waals surface area (Å²) in [7, 11) is 0. The summed E-state index contributed by atoms with van der Waals surface area (Å²) in [6, 6.07) is 7.56. The molecule has 2 rings (SSSR count). The smallest absolute Gasteiger partial charge is 0.319 e. The van der Waals surface area contributed by atoms with E-state index in [0.717, 1.165) is 24.1 Å². The number of nitrogens with two attached hydrogens (primary N) is 2. The minimum atomic E-state index is -0.377. The van der Waals surface area contributed by atoms with Gasteiger partial charge < -0.3 is 11.5 Å². The van der Waals surface area contributed by atoms with Gasteiger partial charge in [-0.15, -0.1) is 0 Å². The zero-order chi connectivity index (χ0) is 10.8. The summed E-state index contributed by atoms with van der Waals surface area (Å²) in [6.45, 7) is 0.514. The van der Waals surface area contributed by atoms with Crippen LogP contribution in [0.5, 0.6) is 0 Å². The predicted molar refractivity (Wildman–Crippen MR) is 59.4 cm³/mol. The molecule has 0 heterocycles. The fraction of sp³-hybridized carbons (Fsp3) is 0.364. The van der Waals surface area contributed by atoms with Crippen LogP contribution >= 0.6 is 0 Å². The van der Waals surface area contributed by atoms with Crippen molar-refractivity contribution in [3.63, 3.8) is 0 Å². The maximum atomic E-state index is 11.3. The van der Waals surface area contributed by atoms with Gasteiger partial charge in [0, 0.05) is 18.3 Å². The number of anilines is 1. The van der Waals surface area contributed by atoms with E-state index in [-0.39, 0.29) is 6.03 Å². The number of hydrogen-bond donors (Lipinski definition) is 2. The number of carbonyl (C=O) groups excluding carboxylic acids is 1. The molecule has 4 heteroatoms. The van der Waals surface area contributed by atoms with Crippen molar-refractivity contribution >= 4 is 11.7 Å². The number of urea groups is 1. The molecule has 1 aliphatic rings.